The number of aryl methyl sites for hydroxylation is 1. The maximum Gasteiger partial charge on any atom is 0.289 e. The van der Waals surface area contributed by atoms with Crippen molar-refractivity contribution in [1.82, 2.24) is 9.80 Å². The van der Waals surface area contributed by atoms with Gasteiger partial charge < -0.3 is 28.4 Å². The first-order valence-corrected chi connectivity index (χ1v) is 11.1. The van der Waals surface area contributed by atoms with E-state index in [1.54, 1.807) is 54.4 Å². The van der Waals surface area contributed by atoms with Gasteiger partial charge in [-0.15, -0.1) is 0 Å². The van der Waals surface area contributed by atoms with Crippen LogP contribution >= 0.6 is 0 Å². The van der Waals surface area contributed by atoms with Gasteiger partial charge in [0.2, 0.25) is 0 Å². The molecule has 1 fully saturated rings. The normalized spacial score (nSPS) is 13.5. The molecule has 0 atom stereocenters. The predicted octanol–water partition coefficient (Wildman–Crippen LogP) is 3.78. The molecule has 1 saturated heterocycles. The van der Waals surface area contributed by atoms with Gasteiger partial charge in [-0.25, -0.2) is 0 Å². The number of carbonyl (C=O) groups excluding carboxylic acids is 2. The summed E-state index contributed by atoms with van der Waals surface area (Å²) in [6, 6.07) is 16.1. The number of amides is 2. The van der Waals surface area contributed by atoms with Crippen LogP contribution in [-0.4, -0.2) is 62.0 Å². The highest BCUT2D eigenvalue weighted by Crippen LogP contribution is 2.27. The zero-order chi connectivity index (χ0) is 24.1. The second-order valence-corrected chi connectivity index (χ2v) is 7.97. The molecule has 0 saturated carbocycles. The highest BCUT2D eigenvalue weighted by Gasteiger charge is 2.27. The van der Waals surface area contributed by atoms with Gasteiger partial charge in [-0.05, 0) is 48.9 Å². The summed E-state index contributed by atoms with van der Waals surface area (Å²) in [4.78, 5) is 29.2. The Balaban J connectivity index is 1.32. The van der Waals surface area contributed by atoms with Gasteiger partial charge in [0.1, 0.15) is 18.1 Å². The number of piperazine rings is 1. The highest BCUT2D eigenvalue weighted by atomic mass is 16.5. The van der Waals surface area contributed by atoms with E-state index in [-0.39, 0.29) is 24.2 Å². The van der Waals surface area contributed by atoms with Gasteiger partial charge in [0.25, 0.3) is 11.8 Å². The number of methoxy groups -OCH3 is 2. The Labute approximate surface area is 198 Å². The Bertz CT molecular complexity index is 1160. The molecule has 0 N–H and O–H groups in total. The molecule has 4 rings (SSSR count). The molecule has 3 aromatic rings. The monoisotopic (exact) mass is 464 g/mol. The molecule has 2 heterocycles. The van der Waals surface area contributed by atoms with Gasteiger partial charge in [-0.2, -0.15) is 0 Å². The SMILES string of the molecule is COc1cc(C(=O)N2CCN(C(=O)c3ccc(COc4ccccc4OC)o3)CC2)ccc1C. The van der Waals surface area contributed by atoms with Gasteiger partial charge in [-0.1, -0.05) is 18.2 Å². The highest BCUT2D eigenvalue weighted by molar-refractivity contribution is 5.95. The average Bonchev–Trinajstić information content (AvgIpc) is 3.36. The maximum absolute atomic E-state index is 12.9. The summed E-state index contributed by atoms with van der Waals surface area (Å²) < 4.78 is 22.1. The van der Waals surface area contributed by atoms with E-state index in [0.717, 1.165) is 5.56 Å². The Morgan fingerprint density at radius 3 is 2.15 bits per heavy atom. The summed E-state index contributed by atoms with van der Waals surface area (Å²) >= 11 is 0. The van der Waals surface area contributed by atoms with Crippen LogP contribution in [0.15, 0.2) is 59.0 Å². The summed E-state index contributed by atoms with van der Waals surface area (Å²) in [6.07, 6.45) is 0. The van der Waals surface area contributed by atoms with Gasteiger partial charge in [0.05, 0.1) is 14.2 Å². The minimum Gasteiger partial charge on any atom is -0.496 e. The standard InChI is InChI=1S/C26H28N2O6/c1-18-8-9-19(16-24(18)32-3)25(29)27-12-14-28(15-13-27)26(30)23-11-10-20(34-23)17-33-22-7-5-4-6-21(22)31-2/h4-11,16H,12-15,17H2,1-3H3. The molecule has 0 aliphatic carbocycles. The van der Waals surface area contributed by atoms with Crippen LogP contribution in [0.4, 0.5) is 0 Å². The van der Waals surface area contributed by atoms with Crippen LogP contribution in [0, 0.1) is 6.92 Å². The van der Waals surface area contributed by atoms with Crippen LogP contribution in [-0.2, 0) is 6.61 Å². The van der Waals surface area contributed by atoms with Crippen LogP contribution in [0.5, 0.6) is 17.2 Å². The Hall–Kier alpha value is -3.94. The molecule has 0 radical (unpaired) electrons. The van der Waals surface area contributed by atoms with E-state index < -0.39 is 0 Å². The fraction of sp³-hybridized carbons (Fsp3) is 0.308. The van der Waals surface area contributed by atoms with Crippen LogP contribution in [0.2, 0.25) is 0 Å². The van der Waals surface area contributed by atoms with Crippen LogP contribution in [0.25, 0.3) is 0 Å². The lowest BCUT2D eigenvalue weighted by Gasteiger charge is -2.34. The van der Waals surface area contributed by atoms with E-state index in [0.29, 0.717) is 54.8 Å². The molecular weight excluding hydrogens is 436 g/mol. The van der Waals surface area contributed by atoms with Gasteiger partial charge in [-0.3, -0.25) is 9.59 Å². The molecule has 0 bridgehead atoms. The second-order valence-electron chi connectivity index (χ2n) is 7.97. The van der Waals surface area contributed by atoms with Crippen molar-refractivity contribution in [3.63, 3.8) is 0 Å². The van der Waals surface area contributed by atoms with Gasteiger partial charge in [0, 0.05) is 31.7 Å². The third kappa shape index (κ3) is 5.01. The molecule has 8 heteroatoms. The van der Waals surface area contributed by atoms with Crippen LogP contribution in [0.3, 0.4) is 0 Å². The first-order chi connectivity index (χ1) is 16.5. The first kappa shape index (κ1) is 23.2. The van der Waals surface area contributed by atoms with Crippen molar-refractivity contribution in [3.05, 3.63) is 77.2 Å². The van der Waals surface area contributed by atoms with E-state index >= 15 is 0 Å². The summed E-state index contributed by atoms with van der Waals surface area (Å²) in [7, 11) is 3.17. The lowest BCUT2D eigenvalue weighted by molar-refractivity contribution is 0.0516. The van der Waals surface area contributed by atoms with Crippen molar-refractivity contribution in [1.29, 1.82) is 0 Å². The number of nitrogens with zero attached hydrogens (tertiary/aromatic N) is 2. The summed E-state index contributed by atoms with van der Waals surface area (Å²) in [6.45, 7) is 3.87. The number of rotatable bonds is 7. The maximum atomic E-state index is 12.9. The minimum atomic E-state index is -0.201. The van der Waals surface area contributed by atoms with Crippen molar-refractivity contribution in [2.45, 2.75) is 13.5 Å². The number of para-hydroxylation sites is 2. The van der Waals surface area contributed by atoms with Crippen molar-refractivity contribution in [2.24, 2.45) is 0 Å². The third-order valence-corrected chi connectivity index (χ3v) is 5.82. The predicted molar refractivity (Wildman–Crippen MR) is 126 cm³/mol. The number of hydrogen-bond donors (Lipinski definition) is 0. The third-order valence-electron chi connectivity index (χ3n) is 5.82. The number of furan rings is 1. The van der Waals surface area contributed by atoms with Crippen molar-refractivity contribution >= 4 is 11.8 Å². The number of hydrogen-bond acceptors (Lipinski definition) is 6. The molecule has 2 amide bonds. The van der Waals surface area contributed by atoms with E-state index in [2.05, 4.69) is 0 Å². The van der Waals surface area contributed by atoms with E-state index in [1.165, 1.54) is 0 Å². The molecule has 178 valence electrons. The number of ether oxygens (including phenoxy) is 3. The lowest BCUT2D eigenvalue weighted by atomic mass is 10.1. The van der Waals surface area contributed by atoms with Crippen molar-refractivity contribution < 1.29 is 28.2 Å². The zero-order valence-electron chi connectivity index (χ0n) is 19.6. The fourth-order valence-corrected chi connectivity index (χ4v) is 3.86. The first-order valence-electron chi connectivity index (χ1n) is 11.1. The molecule has 0 spiro atoms. The molecule has 1 aromatic heterocycles. The molecule has 2 aromatic carbocycles. The van der Waals surface area contributed by atoms with Gasteiger partial charge >= 0.3 is 0 Å². The fourth-order valence-electron chi connectivity index (χ4n) is 3.86. The zero-order valence-corrected chi connectivity index (χ0v) is 19.6. The quantitative estimate of drug-likeness (QED) is 0.529. The van der Waals surface area contributed by atoms with E-state index in [4.69, 9.17) is 18.6 Å². The lowest BCUT2D eigenvalue weighted by Crippen LogP contribution is -2.50. The van der Waals surface area contributed by atoms with Crippen LogP contribution in [0.1, 0.15) is 32.2 Å². The molecule has 8 nitrogen and oxygen atoms in total. The summed E-state index contributed by atoms with van der Waals surface area (Å²) in [5.41, 5.74) is 1.55. The second kappa shape index (κ2) is 10.3. The molecule has 0 unspecified atom stereocenters. The molecule has 1 aliphatic rings. The number of benzene rings is 2. The topological polar surface area (TPSA) is 81.5 Å². The van der Waals surface area contributed by atoms with E-state index in [9.17, 15) is 9.59 Å². The average molecular weight is 465 g/mol. The largest absolute Gasteiger partial charge is 0.496 e. The number of carbonyl (C=O) groups is 2. The van der Waals surface area contributed by atoms with Crippen molar-refractivity contribution in [3.8, 4) is 17.2 Å². The Morgan fingerprint density at radius 2 is 1.47 bits per heavy atom. The van der Waals surface area contributed by atoms with Crippen LogP contribution < -0.4 is 14.2 Å². The van der Waals surface area contributed by atoms with Gasteiger partial charge in [0.15, 0.2) is 17.3 Å². The Morgan fingerprint density at radius 1 is 0.824 bits per heavy atom. The summed E-state index contributed by atoms with van der Waals surface area (Å²) in [5, 5.41) is 0. The minimum absolute atomic E-state index is 0.0702. The molecule has 1 aliphatic heterocycles. The molecular formula is C26H28N2O6. The van der Waals surface area contributed by atoms with Crippen molar-refractivity contribution in [2.75, 3.05) is 40.4 Å². The van der Waals surface area contributed by atoms with E-state index in [1.807, 2.05) is 31.2 Å². The Kier molecular flexibility index (Phi) is 7.06. The summed E-state index contributed by atoms with van der Waals surface area (Å²) in [5.74, 6) is 2.43. The smallest absolute Gasteiger partial charge is 0.289 e. The molecule has 34 heavy (non-hydrogen) atoms.